The number of nitrogens with one attached hydrogen (secondary N) is 1. The highest BCUT2D eigenvalue weighted by atomic mass is 19.4. The van der Waals surface area contributed by atoms with E-state index in [1.54, 1.807) is 4.90 Å². The third-order valence-corrected chi connectivity index (χ3v) is 4.53. The quantitative estimate of drug-likeness (QED) is 0.835. The third kappa shape index (κ3) is 4.32. The minimum absolute atomic E-state index is 0.340. The summed E-state index contributed by atoms with van der Waals surface area (Å²) in [7, 11) is 0. The number of halogens is 3. The zero-order chi connectivity index (χ0) is 18.8. The molecule has 1 saturated heterocycles. The highest BCUT2D eigenvalue weighted by molar-refractivity contribution is 6.10. The van der Waals surface area contributed by atoms with Crippen LogP contribution >= 0.6 is 0 Å². The molecule has 1 atom stereocenters. The van der Waals surface area contributed by atoms with Crippen molar-refractivity contribution in [2.45, 2.75) is 39.8 Å². The maximum absolute atomic E-state index is 13.1. The number of hydrogen-bond acceptors (Lipinski definition) is 2. The number of carbonyl (C=O) groups is 2. The first-order valence-electron chi connectivity index (χ1n) is 8.30. The molecule has 0 radical (unpaired) electrons. The van der Waals surface area contributed by atoms with Crippen molar-refractivity contribution < 1.29 is 22.8 Å². The monoisotopic (exact) mass is 356 g/mol. The van der Waals surface area contributed by atoms with E-state index in [2.05, 4.69) is 5.32 Å². The van der Waals surface area contributed by atoms with Gasteiger partial charge in [0.25, 0.3) is 0 Å². The van der Waals surface area contributed by atoms with E-state index in [1.807, 2.05) is 6.92 Å². The Hall–Kier alpha value is -2.05. The van der Waals surface area contributed by atoms with E-state index >= 15 is 0 Å². The normalized spacial score (nSPS) is 18.8. The molecule has 2 amide bonds. The SMILES string of the molecule is CC1CCCN(C(=O)C(C)(C)C(=O)Nc2ccccc2C(F)(F)F)C1. The van der Waals surface area contributed by atoms with E-state index in [9.17, 15) is 22.8 Å². The van der Waals surface area contributed by atoms with Crippen molar-refractivity contribution in [2.75, 3.05) is 18.4 Å². The molecule has 2 rings (SSSR count). The zero-order valence-corrected chi connectivity index (χ0v) is 14.6. The summed E-state index contributed by atoms with van der Waals surface area (Å²) in [5, 5.41) is 2.28. The van der Waals surface area contributed by atoms with Crippen molar-refractivity contribution in [1.82, 2.24) is 4.90 Å². The Labute approximate surface area is 145 Å². The molecule has 1 aromatic rings. The first kappa shape index (κ1) is 19.3. The summed E-state index contributed by atoms with van der Waals surface area (Å²) in [5.74, 6) is -0.754. The van der Waals surface area contributed by atoms with Gasteiger partial charge in [0, 0.05) is 13.1 Å². The summed E-state index contributed by atoms with van der Waals surface area (Å²) in [4.78, 5) is 26.9. The average Bonchev–Trinajstić information content (AvgIpc) is 2.53. The molecule has 138 valence electrons. The van der Waals surface area contributed by atoms with Gasteiger partial charge in [0.2, 0.25) is 11.8 Å². The number of nitrogens with zero attached hydrogens (tertiary/aromatic N) is 1. The van der Waals surface area contributed by atoms with E-state index in [0.717, 1.165) is 18.9 Å². The van der Waals surface area contributed by atoms with Gasteiger partial charge in [-0.05, 0) is 44.7 Å². The summed E-state index contributed by atoms with van der Waals surface area (Å²) >= 11 is 0. The van der Waals surface area contributed by atoms with Gasteiger partial charge in [-0.15, -0.1) is 0 Å². The smallest absolute Gasteiger partial charge is 0.342 e. The number of para-hydroxylation sites is 1. The molecule has 0 bridgehead atoms. The molecule has 0 saturated carbocycles. The Morgan fingerprint density at radius 1 is 1.20 bits per heavy atom. The number of rotatable bonds is 3. The van der Waals surface area contributed by atoms with Crippen molar-refractivity contribution in [3.8, 4) is 0 Å². The predicted molar refractivity (Wildman–Crippen MR) is 88.8 cm³/mol. The topological polar surface area (TPSA) is 49.4 Å². The Kier molecular flexibility index (Phi) is 5.44. The number of alkyl halides is 3. The molecule has 1 N–H and O–H groups in total. The van der Waals surface area contributed by atoms with Crippen LogP contribution in [0.1, 0.15) is 39.2 Å². The summed E-state index contributed by atoms with van der Waals surface area (Å²) < 4.78 is 39.2. The third-order valence-electron chi connectivity index (χ3n) is 4.53. The summed E-state index contributed by atoms with van der Waals surface area (Å²) in [6, 6.07) is 4.75. The van der Waals surface area contributed by atoms with Gasteiger partial charge in [-0.25, -0.2) is 0 Å². The van der Waals surface area contributed by atoms with E-state index in [-0.39, 0.29) is 11.6 Å². The number of benzene rings is 1. The maximum Gasteiger partial charge on any atom is 0.418 e. The highest BCUT2D eigenvalue weighted by Gasteiger charge is 2.41. The molecule has 1 heterocycles. The molecule has 1 aliphatic rings. The second kappa shape index (κ2) is 7.06. The Balaban J connectivity index is 2.18. The Morgan fingerprint density at radius 2 is 1.84 bits per heavy atom. The molecule has 4 nitrogen and oxygen atoms in total. The molecule has 0 spiro atoms. The van der Waals surface area contributed by atoms with Gasteiger partial charge in [0.15, 0.2) is 0 Å². The standard InChI is InChI=1S/C18H23F3N2O2/c1-12-7-6-10-23(11-12)16(25)17(2,3)15(24)22-14-9-5-4-8-13(14)18(19,20)21/h4-5,8-9,12H,6-7,10-11H2,1-3H3,(H,22,24). The van der Waals surface area contributed by atoms with Crippen LogP contribution in [0.2, 0.25) is 0 Å². The van der Waals surface area contributed by atoms with E-state index in [0.29, 0.717) is 19.0 Å². The lowest BCUT2D eigenvalue weighted by atomic mass is 9.88. The zero-order valence-electron chi connectivity index (χ0n) is 14.6. The number of piperidine rings is 1. The van der Waals surface area contributed by atoms with Crippen molar-refractivity contribution in [3.63, 3.8) is 0 Å². The number of amides is 2. The van der Waals surface area contributed by atoms with Crippen LogP contribution in [-0.4, -0.2) is 29.8 Å². The van der Waals surface area contributed by atoms with Crippen LogP contribution in [0.15, 0.2) is 24.3 Å². The summed E-state index contributed by atoms with van der Waals surface area (Å²) in [5.41, 5.74) is -2.72. The van der Waals surface area contributed by atoms with Gasteiger partial charge in [-0.2, -0.15) is 13.2 Å². The number of carbonyl (C=O) groups excluding carboxylic acids is 2. The lowest BCUT2D eigenvalue weighted by molar-refractivity contribution is -0.147. The summed E-state index contributed by atoms with van der Waals surface area (Å²) in [6.45, 7) is 6.06. The van der Waals surface area contributed by atoms with Crippen LogP contribution in [0.3, 0.4) is 0 Å². The van der Waals surface area contributed by atoms with Crippen LogP contribution in [0, 0.1) is 11.3 Å². The van der Waals surface area contributed by atoms with Gasteiger partial charge >= 0.3 is 6.18 Å². The fraction of sp³-hybridized carbons (Fsp3) is 0.556. The summed E-state index contributed by atoms with van der Waals surface area (Å²) in [6.07, 6.45) is -2.70. The lowest BCUT2D eigenvalue weighted by Crippen LogP contribution is -2.50. The van der Waals surface area contributed by atoms with Crippen LogP contribution in [0.25, 0.3) is 0 Å². The minimum Gasteiger partial charge on any atom is -0.342 e. The molecule has 7 heteroatoms. The predicted octanol–water partition coefficient (Wildman–Crippen LogP) is 3.93. The second-order valence-electron chi connectivity index (χ2n) is 7.12. The molecule has 0 aliphatic carbocycles. The fourth-order valence-corrected chi connectivity index (χ4v) is 2.98. The first-order chi connectivity index (χ1) is 11.5. The van der Waals surface area contributed by atoms with Gasteiger partial charge in [0.1, 0.15) is 5.41 Å². The molecule has 25 heavy (non-hydrogen) atoms. The largest absolute Gasteiger partial charge is 0.418 e. The molecule has 1 unspecified atom stereocenters. The number of anilines is 1. The average molecular weight is 356 g/mol. The molecule has 1 aromatic carbocycles. The fourth-order valence-electron chi connectivity index (χ4n) is 2.98. The van der Waals surface area contributed by atoms with Crippen LogP contribution in [-0.2, 0) is 15.8 Å². The number of hydrogen-bond donors (Lipinski definition) is 1. The first-order valence-corrected chi connectivity index (χ1v) is 8.30. The van der Waals surface area contributed by atoms with Gasteiger partial charge < -0.3 is 10.2 Å². The van der Waals surface area contributed by atoms with E-state index in [1.165, 1.54) is 32.0 Å². The van der Waals surface area contributed by atoms with Crippen molar-refractivity contribution in [2.24, 2.45) is 11.3 Å². The minimum atomic E-state index is -4.58. The second-order valence-corrected chi connectivity index (χ2v) is 7.12. The van der Waals surface area contributed by atoms with Crippen molar-refractivity contribution in [1.29, 1.82) is 0 Å². The maximum atomic E-state index is 13.1. The van der Waals surface area contributed by atoms with Gasteiger partial charge in [-0.3, -0.25) is 9.59 Å². The molecule has 1 aliphatic heterocycles. The molecule has 1 fully saturated rings. The van der Waals surface area contributed by atoms with E-state index < -0.39 is 23.1 Å². The van der Waals surface area contributed by atoms with Crippen molar-refractivity contribution >= 4 is 17.5 Å². The molecular formula is C18H23F3N2O2. The number of likely N-dealkylation sites (tertiary alicyclic amines) is 1. The molecule has 0 aromatic heterocycles. The van der Waals surface area contributed by atoms with Gasteiger partial charge in [0.05, 0.1) is 11.3 Å². The van der Waals surface area contributed by atoms with Gasteiger partial charge in [-0.1, -0.05) is 19.1 Å². The highest BCUT2D eigenvalue weighted by Crippen LogP contribution is 2.35. The van der Waals surface area contributed by atoms with Crippen LogP contribution < -0.4 is 5.32 Å². The lowest BCUT2D eigenvalue weighted by Gasteiger charge is -2.36. The Morgan fingerprint density at radius 3 is 2.44 bits per heavy atom. The van der Waals surface area contributed by atoms with Crippen LogP contribution in [0.4, 0.5) is 18.9 Å². The molecular weight excluding hydrogens is 333 g/mol. The van der Waals surface area contributed by atoms with Crippen LogP contribution in [0.5, 0.6) is 0 Å². The Bertz CT molecular complexity index is 656. The van der Waals surface area contributed by atoms with E-state index in [4.69, 9.17) is 0 Å². The van der Waals surface area contributed by atoms with Crippen molar-refractivity contribution in [3.05, 3.63) is 29.8 Å².